The zero-order valence-electron chi connectivity index (χ0n) is 11.0. The van der Waals surface area contributed by atoms with Crippen LogP contribution >= 0.6 is 11.3 Å². The van der Waals surface area contributed by atoms with E-state index in [0.29, 0.717) is 5.41 Å². The van der Waals surface area contributed by atoms with Crippen molar-refractivity contribution in [1.29, 1.82) is 0 Å². The molecule has 100 valence electrons. The number of nitrogens with one attached hydrogen (secondary N) is 1. The molecule has 1 aromatic rings. The molecule has 0 aromatic carbocycles. The van der Waals surface area contributed by atoms with Gasteiger partial charge in [0, 0.05) is 22.8 Å². The summed E-state index contributed by atoms with van der Waals surface area (Å²) in [4.78, 5) is 12.8. The molecule has 0 radical (unpaired) electrons. The Labute approximate surface area is 112 Å². The molecular formula is C14H21NO2S. The number of carboxylic acids is 1. The first kappa shape index (κ1) is 13.6. The molecule has 0 bridgehead atoms. The predicted molar refractivity (Wildman–Crippen MR) is 73.9 cm³/mol. The summed E-state index contributed by atoms with van der Waals surface area (Å²) in [5.41, 5.74) is 0.529. The molecule has 1 heterocycles. The van der Waals surface area contributed by atoms with Crippen molar-refractivity contribution in [2.24, 2.45) is 11.3 Å². The third-order valence-corrected chi connectivity index (χ3v) is 5.02. The van der Waals surface area contributed by atoms with Crippen molar-refractivity contribution in [3.05, 3.63) is 21.9 Å². The quantitative estimate of drug-likeness (QED) is 0.798. The second kappa shape index (κ2) is 5.41. The van der Waals surface area contributed by atoms with Crippen LogP contribution in [0.2, 0.25) is 0 Å². The summed E-state index contributed by atoms with van der Waals surface area (Å²) >= 11 is 1.60. The van der Waals surface area contributed by atoms with E-state index in [0.717, 1.165) is 23.9 Å². The lowest BCUT2D eigenvalue weighted by Gasteiger charge is -2.19. The molecule has 0 unspecified atom stereocenters. The smallest absolute Gasteiger partial charge is 0.308 e. The minimum absolute atomic E-state index is 0.139. The van der Waals surface area contributed by atoms with Gasteiger partial charge in [-0.1, -0.05) is 13.8 Å². The summed E-state index contributed by atoms with van der Waals surface area (Å²) in [6.07, 6.45) is 2.82. The normalized spacial score (nSPS) is 17.1. The van der Waals surface area contributed by atoms with Crippen molar-refractivity contribution in [1.82, 2.24) is 5.32 Å². The molecule has 3 nitrogen and oxygen atoms in total. The third kappa shape index (κ3) is 3.33. The lowest BCUT2D eigenvalue weighted by molar-refractivity contribution is -0.136. The molecule has 2 N–H and O–H groups in total. The molecule has 1 aromatic heterocycles. The molecule has 1 fully saturated rings. The number of aliphatic carboxylic acids is 1. The van der Waals surface area contributed by atoms with Crippen LogP contribution in [0.25, 0.3) is 0 Å². The largest absolute Gasteiger partial charge is 0.481 e. The summed E-state index contributed by atoms with van der Waals surface area (Å²) in [6.45, 7) is 6.53. The van der Waals surface area contributed by atoms with Crippen LogP contribution < -0.4 is 5.32 Å². The van der Waals surface area contributed by atoms with Gasteiger partial charge >= 0.3 is 5.97 Å². The Balaban J connectivity index is 1.77. The highest BCUT2D eigenvalue weighted by Crippen LogP contribution is 2.51. The minimum Gasteiger partial charge on any atom is -0.481 e. The summed E-state index contributed by atoms with van der Waals surface area (Å²) in [5.74, 6) is -0.0102. The fraction of sp³-hybridized carbons (Fsp3) is 0.643. The van der Waals surface area contributed by atoms with Crippen LogP contribution in [0.3, 0.4) is 0 Å². The monoisotopic (exact) mass is 267 g/mol. The van der Waals surface area contributed by atoms with Gasteiger partial charge in [-0.3, -0.25) is 4.79 Å². The first-order valence-corrected chi connectivity index (χ1v) is 7.33. The van der Waals surface area contributed by atoms with E-state index in [2.05, 4.69) is 19.2 Å². The second-order valence-electron chi connectivity index (χ2n) is 5.56. The van der Waals surface area contributed by atoms with Gasteiger partial charge in [0.1, 0.15) is 0 Å². The summed E-state index contributed by atoms with van der Waals surface area (Å²) in [6, 6.07) is 3.95. The van der Waals surface area contributed by atoms with E-state index in [1.165, 1.54) is 17.7 Å². The Bertz CT molecular complexity index is 421. The first-order chi connectivity index (χ1) is 8.52. The third-order valence-electron chi connectivity index (χ3n) is 3.94. The predicted octanol–water partition coefficient (Wildman–Crippen LogP) is 2.90. The maximum Gasteiger partial charge on any atom is 0.308 e. The van der Waals surface area contributed by atoms with Gasteiger partial charge in [-0.15, -0.1) is 11.3 Å². The van der Waals surface area contributed by atoms with E-state index >= 15 is 0 Å². The lowest BCUT2D eigenvalue weighted by atomic mass is 9.92. The van der Waals surface area contributed by atoms with Crippen molar-refractivity contribution in [3.63, 3.8) is 0 Å². The highest BCUT2D eigenvalue weighted by Gasteiger charge is 2.44. The summed E-state index contributed by atoms with van der Waals surface area (Å²) in [5, 5.41) is 12.2. The van der Waals surface area contributed by atoms with Crippen LogP contribution in [-0.2, 0) is 17.8 Å². The maximum absolute atomic E-state index is 10.6. The number of thiophene rings is 1. The molecule has 1 aliphatic carbocycles. The van der Waals surface area contributed by atoms with Crippen molar-refractivity contribution in [2.45, 2.75) is 39.7 Å². The Morgan fingerprint density at radius 3 is 2.67 bits per heavy atom. The molecule has 2 rings (SSSR count). The van der Waals surface area contributed by atoms with Crippen LogP contribution in [0, 0.1) is 11.3 Å². The number of carboxylic acid groups (broad SMARTS) is 1. The van der Waals surface area contributed by atoms with Gasteiger partial charge in [0.05, 0.1) is 6.42 Å². The van der Waals surface area contributed by atoms with Crippen LogP contribution in [0.5, 0.6) is 0 Å². The topological polar surface area (TPSA) is 49.3 Å². The molecule has 0 saturated heterocycles. The zero-order valence-corrected chi connectivity index (χ0v) is 11.8. The molecular weight excluding hydrogens is 246 g/mol. The average Bonchev–Trinajstić information content (AvgIpc) is 2.95. The molecule has 4 heteroatoms. The number of hydrogen-bond donors (Lipinski definition) is 2. The van der Waals surface area contributed by atoms with E-state index in [-0.39, 0.29) is 6.42 Å². The number of carbonyl (C=O) groups is 1. The van der Waals surface area contributed by atoms with E-state index in [1.807, 2.05) is 12.1 Å². The Hall–Kier alpha value is -0.870. The molecule has 1 aliphatic rings. The van der Waals surface area contributed by atoms with Crippen molar-refractivity contribution in [2.75, 3.05) is 6.54 Å². The molecule has 0 aliphatic heterocycles. The van der Waals surface area contributed by atoms with Crippen LogP contribution in [0.4, 0.5) is 0 Å². The lowest BCUT2D eigenvalue weighted by Crippen LogP contribution is -2.26. The number of hydrogen-bond acceptors (Lipinski definition) is 3. The average molecular weight is 267 g/mol. The number of rotatable bonds is 7. The van der Waals surface area contributed by atoms with Gasteiger partial charge in [-0.2, -0.15) is 0 Å². The minimum atomic E-state index is -0.756. The van der Waals surface area contributed by atoms with E-state index < -0.39 is 5.97 Å². The Kier molecular flexibility index (Phi) is 4.07. The van der Waals surface area contributed by atoms with Crippen LogP contribution in [-0.4, -0.2) is 17.6 Å². The molecule has 0 spiro atoms. The van der Waals surface area contributed by atoms with Gasteiger partial charge in [0.25, 0.3) is 0 Å². The van der Waals surface area contributed by atoms with E-state index in [9.17, 15) is 4.79 Å². The van der Waals surface area contributed by atoms with Gasteiger partial charge in [0.15, 0.2) is 0 Å². The molecule has 1 saturated carbocycles. The van der Waals surface area contributed by atoms with Crippen molar-refractivity contribution >= 4 is 17.3 Å². The second-order valence-corrected chi connectivity index (χ2v) is 6.81. The summed E-state index contributed by atoms with van der Waals surface area (Å²) in [7, 11) is 0. The molecule has 0 atom stereocenters. The standard InChI is InChI=1S/C14H21NO2S/c1-10(2)14(5-6-14)9-15-8-12-4-3-11(18-12)7-13(16)17/h3-4,10,15H,5-9H2,1-2H3,(H,16,17). The van der Waals surface area contributed by atoms with Gasteiger partial charge in [-0.05, 0) is 36.3 Å². The van der Waals surface area contributed by atoms with E-state index in [4.69, 9.17) is 5.11 Å². The Morgan fingerprint density at radius 1 is 1.44 bits per heavy atom. The maximum atomic E-state index is 10.6. The fourth-order valence-corrected chi connectivity index (χ4v) is 3.29. The highest BCUT2D eigenvalue weighted by molar-refractivity contribution is 7.12. The first-order valence-electron chi connectivity index (χ1n) is 6.52. The fourth-order valence-electron chi connectivity index (χ4n) is 2.31. The van der Waals surface area contributed by atoms with Crippen molar-refractivity contribution < 1.29 is 9.90 Å². The Morgan fingerprint density at radius 2 is 2.11 bits per heavy atom. The van der Waals surface area contributed by atoms with Crippen LogP contribution in [0.1, 0.15) is 36.4 Å². The van der Waals surface area contributed by atoms with E-state index in [1.54, 1.807) is 11.3 Å². The van der Waals surface area contributed by atoms with Gasteiger partial charge < -0.3 is 10.4 Å². The van der Waals surface area contributed by atoms with Gasteiger partial charge in [-0.25, -0.2) is 0 Å². The molecule has 18 heavy (non-hydrogen) atoms. The van der Waals surface area contributed by atoms with Gasteiger partial charge in [0.2, 0.25) is 0 Å². The summed E-state index contributed by atoms with van der Waals surface area (Å²) < 4.78 is 0. The van der Waals surface area contributed by atoms with Crippen LogP contribution in [0.15, 0.2) is 12.1 Å². The highest BCUT2D eigenvalue weighted by atomic mass is 32.1. The SMILES string of the molecule is CC(C)C1(CNCc2ccc(CC(=O)O)s2)CC1. The molecule has 0 amide bonds. The zero-order chi connectivity index (χ0) is 13.2. The van der Waals surface area contributed by atoms with Crippen molar-refractivity contribution in [3.8, 4) is 0 Å².